The summed E-state index contributed by atoms with van der Waals surface area (Å²) < 4.78 is 5.15. The molecule has 0 spiro atoms. The fourth-order valence-electron chi connectivity index (χ4n) is 3.59. The third-order valence-electron chi connectivity index (χ3n) is 5.19. The van der Waals surface area contributed by atoms with E-state index in [-0.39, 0.29) is 0 Å². The minimum absolute atomic E-state index is 0.371. The third kappa shape index (κ3) is 15.4. The van der Waals surface area contributed by atoms with Crippen molar-refractivity contribution in [2.24, 2.45) is 5.73 Å². The first kappa shape index (κ1) is 22.4. The Labute approximate surface area is 157 Å². The summed E-state index contributed by atoms with van der Waals surface area (Å²) in [5.74, 6) is 0. The minimum atomic E-state index is 0.371. The first-order valence-corrected chi connectivity index (χ1v) is 11.1. The zero-order valence-corrected chi connectivity index (χ0v) is 16.7. The number of hydrogen-bond donors (Lipinski definition) is 1. The van der Waals surface area contributed by atoms with Gasteiger partial charge in [0.1, 0.15) is 0 Å². The highest BCUT2D eigenvalue weighted by Crippen LogP contribution is 2.18. The maximum Gasteiger partial charge on any atom is 0.0940 e. The summed E-state index contributed by atoms with van der Waals surface area (Å²) in [7, 11) is 0. The van der Waals surface area contributed by atoms with Gasteiger partial charge in [0.2, 0.25) is 0 Å². The Morgan fingerprint density at radius 1 is 0.680 bits per heavy atom. The van der Waals surface area contributed by atoms with E-state index in [1.807, 2.05) is 0 Å². The molecule has 1 aliphatic rings. The molecule has 25 heavy (non-hydrogen) atoms. The summed E-state index contributed by atoms with van der Waals surface area (Å²) in [4.78, 5) is 0. The molecule has 0 heterocycles. The van der Waals surface area contributed by atoms with Crippen LogP contribution in [0.4, 0.5) is 0 Å². The van der Waals surface area contributed by atoms with Gasteiger partial charge in [-0.2, -0.15) is 0 Å². The van der Waals surface area contributed by atoms with E-state index >= 15 is 0 Å². The van der Waals surface area contributed by atoms with Gasteiger partial charge in [-0.3, -0.25) is 0 Å². The van der Waals surface area contributed by atoms with Gasteiger partial charge in [-0.1, -0.05) is 101 Å². The molecular formula is C23H43NO. The summed E-state index contributed by atoms with van der Waals surface area (Å²) in [6, 6.07) is 0. The molecule has 0 radical (unpaired) electrons. The first-order chi connectivity index (χ1) is 12.4. The zero-order valence-electron chi connectivity index (χ0n) is 16.7. The molecule has 0 aromatic heterocycles. The van der Waals surface area contributed by atoms with Crippen molar-refractivity contribution in [3.8, 4) is 0 Å². The van der Waals surface area contributed by atoms with Crippen molar-refractivity contribution in [1.82, 2.24) is 0 Å². The van der Waals surface area contributed by atoms with E-state index in [1.54, 1.807) is 5.57 Å². The van der Waals surface area contributed by atoms with E-state index in [2.05, 4.69) is 18.2 Å². The molecule has 0 aromatic rings. The van der Waals surface area contributed by atoms with Crippen LogP contribution in [-0.2, 0) is 4.74 Å². The third-order valence-corrected chi connectivity index (χ3v) is 5.19. The van der Waals surface area contributed by atoms with E-state index in [4.69, 9.17) is 10.5 Å². The summed E-state index contributed by atoms with van der Waals surface area (Å²) in [6.45, 7) is 1.21. The summed E-state index contributed by atoms with van der Waals surface area (Å²) >= 11 is 0. The van der Waals surface area contributed by atoms with Gasteiger partial charge < -0.3 is 10.5 Å². The average molecular weight is 350 g/mol. The SMILES string of the molecule is NCOCCCCCCCCCCCCCCCCC1=CCCC=C1. The van der Waals surface area contributed by atoms with Crippen LogP contribution in [0.5, 0.6) is 0 Å². The van der Waals surface area contributed by atoms with Crippen molar-refractivity contribution in [1.29, 1.82) is 0 Å². The number of allylic oxidation sites excluding steroid dienone is 4. The summed E-state index contributed by atoms with van der Waals surface area (Å²) in [6.07, 6.45) is 30.4. The minimum Gasteiger partial charge on any atom is -0.367 e. The fourth-order valence-corrected chi connectivity index (χ4v) is 3.59. The van der Waals surface area contributed by atoms with Crippen LogP contribution in [0, 0.1) is 0 Å². The Morgan fingerprint density at radius 2 is 1.20 bits per heavy atom. The number of nitrogens with two attached hydrogens (primary N) is 1. The number of rotatable bonds is 18. The molecule has 2 nitrogen and oxygen atoms in total. The molecule has 1 rings (SSSR count). The quantitative estimate of drug-likeness (QED) is 0.212. The highest BCUT2D eigenvalue weighted by molar-refractivity contribution is 5.21. The van der Waals surface area contributed by atoms with Gasteiger partial charge in [0.05, 0.1) is 6.73 Å². The van der Waals surface area contributed by atoms with Crippen LogP contribution in [-0.4, -0.2) is 13.3 Å². The Kier molecular flexibility index (Phi) is 16.3. The molecule has 0 aliphatic heterocycles. The smallest absolute Gasteiger partial charge is 0.0940 e. The number of hydrogen-bond acceptors (Lipinski definition) is 2. The normalized spacial score (nSPS) is 14.0. The molecule has 1 aliphatic carbocycles. The van der Waals surface area contributed by atoms with E-state index in [0.29, 0.717) is 6.73 Å². The predicted molar refractivity (Wildman–Crippen MR) is 111 cm³/mol. The average Bonchev–Trinajstić information content (AvgIpc) is 2.65. The fraction of sp³-hybridized carbons (Fsp3) is 0.826. The van der Waals surface area contributed by atoms with Gasteiger partial charge in [-0.05, 0) is 32.1 Å². The van der Waals surface area contributed by atoms with Crippen LogP contribution in [0.3, 0.4) is 0 Å². The highest BCUT2D eigenvalue weighted by Gasteiger charge is 1.98. The van der Waals surface area contributed by atoms with Crippen molar-refractivity contribution in [2.45, 2.75) is 109 Å². The molecule has 0 saturated carbocycles. The van der Waals surface area contributed by atoms with Crippen LogP contribution >= 0.6 is 0 Å². The highest BCUT2D eigenvalue weighted by atomic mass is 16.5. The van der Waals surface area contributed by atoms with Crippen molar-refractivity contribution in [3.63, 3.8) is 0 Å². The standard InChI is InChI=1S/C23H43NO/c24-22-25-21-17-12-10-8-6-4-2-1-3-5-7-9-11-14-18-23-19-15-13-16-20-23/h15,19-20H,1-14,16-18,21-22,24H2. The number of ether oxygens (including phenoxy) is 1. The first-order valence-electron chi connectivity index (χ1n) is 11.1. The molecule has 0 amide bonds. The van der Waals surface area contributed by atoms with Gasteiger partial charge in [0, 0.05) is 6.61 Å². The molecule has 0 unspecified atom stereocenters. The van der Waals surface area contributed by atoms with E-state index in [1.165, 1.54) is 109 Å². The second-order valence-electron chi connectivity index (χ2n) is 7.53. The van der Waals surface area contributed by atoms with Gasteiger partial charge in [0.25, 0.3) is 0 Å². The van der Waals surface area contributed by atoms with Gasteiger partial charge >= 0.3 is 0 Å². The molecule has 0 atom stereocenters. The van der Waals surface area contributed by atoms with Gasteiger partial charge in [-0.15, -0.1) is 0 Å². The molecule has 2 heteroatoms. The topological polar surface area (TPSA) is 35.2 Å². The largest absolute Gasteiger partial charge is 0.367 e. The lowest BCUT2D eigenvalue weighted by Crippen LogP contribution is -2.05. The van der Waals surface area contributed by atoms with Gasteiger partial charge in [0.15, 0.2) is 0 Å². The van der Waals surface area contributed by atoms with Crippen molar-refractivity contribution >= 4 is 0 Å². The van der Waals surface area contributed by atoms with Crippen LogP contribution < -0.4 is 5.73 Å². The molecule has 0 aromatic carbocycles. The molecule has 0 fully saturated rings. The van der Waals surface area contributed by atoms with Crippen LogP contribution in [0.2, 0.25) is 0 Å². The summed E-state index contributed by atoms with van der Waals surface area (Å²) in [5.41, 5.74) is 6.87. The van der Waals surface area contributed by atoms with Crippen LogP contribution in [0.1, 0.15) is 109 Å². The lowest BCUT2D eigenvalue weighted by molar-refractivity contribution is 0.136. The Morgan fingerprint density at radius 3 is 1.68 bits per heavy atom. The monoisotopic (exact) mass is 349 g/mol. The maximum atomic E-state index is 5.29. The Balaban J connectivity index is 1.68. The second kappa shape index (κ2) is 18.2. The van der Waals surface area contributed by atoms with E-state index < -0.39 is 0 Å². The number of unbranched alkanes of at least 4 members (excludes halogenated alkanes) is 13. The lowest BCUT2D eigenvalue weighted by Gasteiger charge is -2.06. The lowest BCUT2D eigenvalue weighted by atomic mass is 10.00. The molecule has 146 valence electrons. The van der Waals surface area contributed by atoms with Crippen LogP contribution in [0.15, 0.2) is 23.8 Å². The second-order valence-corrected chi connectivity index (χ2v) is 7.53. The van der Waals surface area contributed by atoms with Crippen molar-refractivity contribution in [3.05, 3.63) is 23.8 Å². The Hall–Kier alpha value is -0.600. The Bertz CT molecular complexity index is 335. The maximum absolute atomic E-state index is 5.29. The molecule has 2 N–H and O–H groups in total. The van der Waals surface area contributed by atoms with E-state index in [9.17, 15) is 0 Å². The van der Waals surface area contributed by atoms with Gasteiger partial charge in [-0.25, -0.2) is 0 Å². The zero-order chi connectivity index (χ0) is 17.8. The molecular weight excluding hydrogens is 306 g/mol. The summed E-state index contributed by atoms with van der Waals surface area (Å²) in [5, 5.41) is 0. The predicted octanol–water partition coefficient (Wildman–Crippen LogP) is 7.05. The molecule has 0 saturated heterocycles. The van der Waals surface area contributed by atoms with Crippen molar-refractivity contribution in [2.75, 3.05) is 13.3 Å². The molecule has 0 bridgehead atoms. The van der Waals surface area contributed by atoms with E-state index in [0.717, 1.165) is 6.61 Å². The van der Waals surface area contributed by atoms with Crippen LogP contribution in [0.25, 0.3) is 0 Å². The van der Waals surface area contributed by atoms with Crippen molar-refractivity contribution < 1.29 is 4.74 Å².